The number of rotatable bonds is 3. The Kier molecular flexibility index (Phi) is 4.04. The molecule has 0 saturated heterocycles. The molecule has 0 amide bonds. The van der Waals surface area contributed by atoms with Crippen LogP contribution in [0.3, 0.4) is 0 Å². The zero-order chi connectivity index (χ0) is 17.2. The number of nitriles is 1. The molecule has 0 spiro atoms. The van der Waals surface area contributed by atoms with Gasteiger partial charge in [-0.15, -0.1) is 0 Å². The SMILES string of the molecule is N#Cc1cccc(-n2cnc(Cc3cccc(C(F)(F)F)c3)n2)c1. The Morgan fingerprint density at radius 1 is 1.08 bits per heavy atom. The lowest BCUT2D eigenvalue weighted by Crippen LogP contribution is -2.05. The number of alkyl halides is 3. The van der Waals surface area contributed by atoms with Crippen LogP contribution in [0, 0.1) is 11.3 Å². The summed E-state index contributed by atoms with van der Waals surface area (Å²) < 4.78 is 39.7. The van der Waals surface area contributed by atoms with Crippen molar-refractivity contribution in [1.29, 1.82) is 5.26 Å². The van der Waals surface area contributed by atoms with Crippen LogP contribution in [0.2, 0.25) is 0 Å². The Labute approximate surface area is 135 Å². The normalized spacial score (nSPS) is 11.2. The van der Waals surface area contributed by atoms with E-state index in [1.807, 2.05) is 6.07 Å². The van der Waals surface area contributed by atoms with Gasteiger partial charge >= 0.3 is 6.18 Å². The molecule has 2 aromatic carbocycles. The Morgan fingerprint density at radius 3 is 2.62 bits per heavy atom. The summed E-state index contributed by atoms with van der Waals surface area (Å²) in [5, 5.41) is 13.2. The molecular weight excluding hydrogens is 317 g/mol. The molecule has 0 aliphatic rings. The average Bonchev–Trinajstić information content (AvgIpc) is 3.03. The van der Waals surface area contributed by atoms with E-state index in [4.69, 9.17) is 5.26 Å². The molecule has 120 valence electrons. The lowest BCUT2D eigenvalue weighted by atomic mass is 10.1. The van der Waals surface area contributed by atoms with E-state index >= 15 is 0 Å². The van der Waals surface area contributed by atoms with Crippen LogP contribution in [-0.4, -0.2) is 14.8 Å². The van der Waals surface area contributed by atoms with E-state index in [1.54, 1.807) is 30.3 Å². The zero-order valence-electron chi connectivity index (χ0n) is 12.3. The van der Waals surface area contributed by atoms with Crippen LogP contribution < -0.4 is 0 Å². The van der Waals surface area contributed by atoms with Crippen LogP contribution in [0.15, 0.2) is 54.9 Å². The Balaban J connectivity index is 1.83. The molecule has 0 aliphatic carbocycles. The second kappa shape index (κ2) is 6.16. The van der Waals surface area contributed by atoms with Crippen molar-refractivity contribution in [3.63, 3.8) is 0 Å². The molecule has 7 heteroatoms. The van der Waals surface area contributed by atoms with E-state index in [9.17, 15) is 13.2 Å². The molecule has 3 rings (SSSR count). The molecule has 0 aliphatic heterocycles. The lowest BCUT2D eigenvalue weighted by Gasteiger charge is -2.07. The van der Waals surface area contributed by atoms with Gasteiger partial charge in [0.15, 0.2) is 5.82 Å². The number of nitrogens with zero attached hydrogens (tertiary/aromatic N) is 4. The number of aromatic nitrogens is 3. The second-order valence-corrected chi connectivity index (χ2v) is 5.14. The molecule has 24 heavy (non-hydrogen) atoms. The summed E-state index contributed by atoms with van der Waals surface area (Å²) in [5.41, 5.74) is 0.939. The Bertz CT molecular complexity index is 906. The summed E-state index contributed by atoms with van der Waals surface area (Å²) in [6.07, 6.45) is -2.71. The topological polar surface area (TPSA) is 54.5 Å². The predicted molar refractivity (Wildman–Crippen MR) is 80.3 cm³/mol. The summed E-state index contributed by atoms with van der Waals surface area (Å²) >= 11 is 0. The molecule has 3 aromatic rings. The van der Waals surface area contributed by atoms with Crippen LogP contribution in [0.25, 0.3) is 5.69 Å². The predicted octanol–water partition coefficient (Wildman–Crippen LogP) is 3.75. The number of benzene rings is 2. The highest BCUT2D eigenvalue weighted by molar-refractivity contribution is 5.40. The molecule has 0 fully saturated rings. The van der Waals surface area contributed by atoms with Crippen LogP contribution in [0.1, 0.15) is 22.5 Å². The van der Waals surface area contributed by atoms with E-state index in [0.29, 0.717) is 22.6 Å². The number of hydrogen-bond donors (Lipinski definition) is 0. The quantitative estimate of drug-likeness (QED) is 0.736. The van der Waals surface area contributed by atoms with Gasteiger partial charge in [-0.05, 0) is 29.8 Å². The third-order valence-corrected chi connectivity index (χ3v) is 3.40. The maximum atomic E-state index is 12.7. The van der Waals surface area contributed by atoms with Crippen molar-refractivity contribution in [2.24, 2.45) is 0 Å². The molecule has 4 nitrogen and oxygen atoms in total. The number of hydrogen-bond acceptors (Lipinski definition) is 3. The van der Waals surface area contributed by atoms with Gasteiger partial charge in [0.2, 0.25) is 0 Å². The standard InChI is InChI=1S/C17H11F3N4/c18-17(19,20)14-5-1-3-12(7-14)9-16-22-11-24(23-16)15-6-2-4-13(8-15)10-21/h1-8,11H,9H2. The fraction of sp³-hybridized carbons (Fsp3) is 0.118. The highest BCUT2D eigenvalue weighted by Gasteiger charge is 2.30. The minimum Gasteiger partial charge on any atom is -0.221 e. The van der Waals surface area contributed by atoms with Crippen LogP contribution in [0.5, 0.6) is 0 Å². The lowest BCUT2D eigenvalue weighted by molar-refractivity contribution is -0.137. The summed E-state index contributed by atoms with van der Waals surface area (Å²) in [6.45, 7) is 0. The van der Waals surface area contributed by atoms with Gasteiger partial charge in [0.1, 0.15) is 6.33 Å². The van der Waals surface area contributed by atoms with Crippen molar-refractivity contribution >= 4 is 0 Å². The van der Waals surface area contributed by atoms with Crippen LogP contribution >= 0.6 is 0 Å². The molecule has 0 N–H and O–H groups in total. The molecule has 0 atom stereocenters. The molecule has 0 bridgehead atoms. The third kappa shape index (κ3) is 3.43. The van der Waals surface area contributed by atoms with E-state index in [2.05, 4.69) is 10.1 Å². The first-order valence-electron chi connectivity index (χ1n) is 7.03. The van der Waals surface area contributed by atoms with Crippen molar-refractivity contribution in [2.45, 2.75) is 12.6 Å². The second-order valence-electron chi connectivity index (χ2n) is 5.14. The van der Waals surface area contributed by atoms with Gasteiger partial charge in [-0.3, -0.25) is 0 Å². The number of halogens is 3. The van der Waals surface area contributed by atoms with Gasteiger partial charge in [0.05, 0.1) is 22.9 Å². The summed E-state index contributed by atoms with van der Waals surface area (Å²) in [5.74, 6) is 0.400. The summed E-state index contributed by atoms with van der Waals surface area (Å²) in [7, 11) is 0. The fourth-order valence-corrected chi connectivity index (χ4v) is 2.26. The maximum absolute atomic E-state index is 12.7. The highest BCUT2D eigenvalue weighted by Crippen LogP contribution is 2.29. The molecule has 1 heterocycles. The van der Waals surface area contributed by atoms with E-state index in [1.165, 1.54) is 17.1 Å². The molecule has 0 radical (unpaired) electrons. The van der Waals surface area contributed by atoms with Gasteiger partial charge in [-0.2, -0.15) is 23.5 Å². The third-order valence-electron chi connectivity index (χ3n) is 3.40. The first-order valence-corrected chi connectivity index (χ1v) is 7.03. The summed E-state index contributed by atoms with van der Waals surface area (Å²) in [6, 6.07) is 13.9. The van der Waals surface area contributed by atoms with E-state index < -0.39 is 11.7 Å². The fourth-order valence-electron chi connectivity index (χ4n) is 2.26. The minimum absolute atomic E-state index is 0.189. The van der Waals surface area contributed by atoms with Gasteiger partial charge in [0, 0.05) is 6.42 Å². The van der Waals surface area contributed by atoms with E-state index in [0.717, 1.165) is 12.1 Å². The molecule has 0 saturated carbocycles. The maximum Gasteiger partial charge on any atom is 0.416 e. The van der Waals surface area contributed by atoms with Gasteiger partial charge in [-0.25, -0.2) is 9.67 Å². The monoisotopic (exact) mass is 328 g/mol. The Morgan fingerprint density at radius 2 is 1.88 bits per heavy atom. The molecule has 1 aromatic heterocycles. The van der Waals surface area contributed by atoms with Crippen molar-refractivity contribution in [3.05, 3.63) is 77.4 Å². The van der Waals surface area contributed by atoms with Gasteiger partial charge in [-0.1, -0.05) is 24.3 Å². The first-order chi connectivity index (χ1) is 11.5. The van der Waals surface area contributed by atoms with Crippen molar-refractivity contribution in [1.82, 2.24) is 14.8 Å². The van der Waals surface area contributed by atoms with Gasteiger partial charge in [0.25, 0.3) is 0 Å². The van der Waals surface area contributed by atoms with Crippen LogP contribution in [0.4, 0.5) is 13.2 Å². The van der Waals surface area contributed by atoms with Crippen molar-refractivity contribution in [2.75, 3.05) is 0 Å². The minimum atomic E-state index is -4.37. The smallest absolute Gasteiger partial charge is 0.221 e. The molecular formula is C17H11F3N4. The van der Waals surface area contributed by atoms with Crippen LogP contribution in [-0.2, 0) is 12.6 Å². The molecule has 0 unspecified atom stereocenters. The average molecular weight is 328 g/mol. The summed E-state index contributed by atoms with van der Waals surface area (Å²) in [4.78, 5) is 4.12. The highest BCUT2D eigenvalue weighted by atomic mass is 19.4. The first kappa shape index (κ1) is 15.7. The van der Waals surface area contributed by atoms with Crippen molar-refractivity contribution < 1.29 is 13.2 Å². The largest absolute Gasteiger partial charge is 0.416 e. The Hall–Kier alpha value is -3.14. The van der Waals surface area contributed by atoms with E-state index in [-0.39, 0.29) is 6.42 Å². The zero-order valence-corrected chi connectivity index (χ0v) is 12.3. The van der Waals surface area contributed by atoms with Gasteiger partial charge < -0.3 is 0 Å². The van der Waals surface area contributed by atoms with Crippen molar-refractivity contribution in [3.8, 4) is 11.8 Å².